The van der Waals surface area contributed by atoms with E-state index >= 15 is 0 Å². The minimum absolute atomic E-state index is 0.481. The molecule has 0 aliphatic heterocycles. The summed E-state index contributed by atoms with van der Waals surface area (Å²) in [5.41, 5.74) is 3.71. The summed E-state index contributed by atoms with van der Waals surface area (Å²) in [5, 5.41) is 0. The molecule has 0 nitrogen and oxygen atoms in total. The molecule has 0 radical (unpaired) electrons. The van der Waals surface area contributed by atoms with Crippen molar-refractivity contribution in [3.05, 3.63) is 35.4 Å². The summed E-state index contributed by atoms with van der Waals surface area (Å²) < 4.78 is 0. The zero-order valence-electron chi connectivity index (χ0n) is 9.01. The molecule has 1 heteroatoms. The van der Waals surface area contributed by atoms with Gasteiger partial charge in [-0.25, -0.2) is 0 Å². The van der Waals surface area contributed by atoms with Crippen molar-refractivity contribution in [2.75, 3.05) is 0 Å². The first-order chi connectivity index (χ1) is 7.33. The second-order valence-corrected chi connectivity index (χ2v) is 6.15. The van der Waals surface area contributed by atoms with Crippen LogP contribution in [-0.4, -0.2) is 4.83 Å². The Kier molecular flexibility index (Phi) is 2.39. The first-order valence-corrected chi connectivity index (χ1v) is 6.97. The number of halogens is 1. The molecule has 0 bridgehead atoms. The number of fused-ring (bicyclic) bond motifs is 2. The van der Waals surface area contributed by atoms with Crippen LogP contribution in [0, 0.1) is 0 Å². The Morgan fingerprint density at radius 2 is 1.80 bits per heavy atom. The standard InChI is InChI=1S/C14H17Br/c15-13-10-11-6-2-3-7-12(11)14(13)8-4-1-5-9-14/h2-3,6-7,13H,1,4-5,8-10H2. The third-order valence-electron chi connectivity index (χ3n) is 4.30. The fourth-order valence-corrected chi connectivity index (χ4v) is 4.56. The highest BCUT2D eigenvalue weighted by molar-refractivity contribution is 9.09. The molecule has 0 aromatic heterocycles. The van der Waals surface area contributed by atoms with Gasteiger partial charge in [0.25, 0.3) is 0 Å². The zero-order valence-corrected chi connectivity index (χ0v) is 10.6. The minimum atomic E-state index is 0.481. The number of alkyl halides is 1. The lowest BCUT2D eigenvalue weighted by Crippen LogP contribution is -2.34. The molecule has 1 atom stereocenters. The summed E-state index contributed by atoms with van der Waals surface area (Å²) in [7, 11) is 0. The Labute approximate surface area is 100 Å². The maximum Gasteiger partial charge on any atom is 0.0283 e. The molecule has 1 saturated carbocycles. The molecule has 2 aliphatic carbocycles. The van der Waals surface area contributed by atoms with Gasteiger partial charge in [-0.15, -0.1) is 0 Å². The lowest BCUT2D eigenvalue weighted by Gasteiger charge is -2.37. The highest BCUT2D eigenvalue weighted by Gasteiger charge is 2.45. The first kappa shape index (κ1) is 9.89. The van der Waals surface area contributed by atoms with Crippen LogP contribution in [0.4, 0.5) is 0 Å². The summed E-state index contributed by atoms with van der Waals surface area (Å²) in [4.78, 5) is 0.683. The molecule has 2 aliphatic rings. The lowest BCUT2D eigenvalue weighted by atomic mass is 9.70. The minimum Gasteiger partial charge on any atom is -0.0877 e. The van der Waals surface area contributed by atoms with Gasteiger partial charge < -0.3 is 0 Å². The molecule has 15 heavy (non-hydrogen) atoms. The van der Waals surface area contributed by atoms with Gasteiger partial charge in [-0.05, 0) is 30.4 Å². The van der Waals surface area contributed by atoms with Crippen LogP contribution in [0.15, 0.2) is 24.3 Å². The van der Waals surface area contributed by atoms with E-state index in [1.165, 1.54) is 38.5 Å². The Morgan fingerprint density at radius 1 is 1.07 bits per heavy atom. The maximum atomic E-state index is 3.94. The Balaban J connectivity index is 2.07. The van der Waals surface area contributed by atoms with Gasteiger partial charge in [0, 0.05) is 10.2 Å². The molecule has 1 fully saturated rings. The molecule has 0 amide bonds. The summed E-state index contributed by atoms with van der Waals surface area (Å²) in [5.74, 6) is 0. The van der Waals surface area contributed by atoms with Crippen molar-refractivity contribution in [1.29, 1.82) is 0 Å². The van der Waals surface area contributed by atoms with E-state index < -0.39 is 0 Å². The van der Waals surface area contributed by atoms with Gasteiger partial charge in [-0.2, -0.15) is 0 Å². The molecular formula is C14H17Br. The van der Waals surface area contributed by atoms with Gasteiger partial charge in [0.1, 0.15) is 0 Å². The number of hydrogen-bond acceptors (Lipinski definition) is 0. The Bertz CT molecular complexity index is 363. The average molecular weight is 265 g/mol. The van der Waals surface area contributed by atoms with Crippen LogP contribution in [0.2, 0.25) is 0 Å². The SMILES string of the molecule is BrC1Cc2ccccc2C12CCCCC2. The fourth-order valence-electron chi connectivity index (χ4n) is 3.51. The van der Waals surface area contributed by atoms with E-state index in [0.29, 0.717) is 10.2 Å². The summed E-state index contributed by atoms with van der Waals surface area (Å²) in [6.45, 7) is 0. The van der Waals surface area contributed by atoms with Gasteiger partial charge >= 0.3 is 0 Å². The van der Waals surface area contributed by atoms with E-state index in [9.17, 15) is 0 Å². The second-order valence-electron chi connectivity index (χ2n) is 5.05. The fraction of sp³-hybridized carbons (Fsp3) is 0.571. The molecule has 1 aromatic carbocycles. The Morgan fingerprint density at radius 3 is 2.60 bits per heavy atom. The van der Waals surface area contributed by atoms with Crippen LogP contribution >= 0.6 is 15.9 Å². The highest BCUT2D eigenvalue weighted by atomic mass is 79.9. The van der Waals surface area contributed by atoms with Crippen molar-refractivity contribution in [3.8, 4) is 0 Å². The molecule has 0 N–H and O–H groups in total. The van der Waals surface area contributed by atoms with Crippen molar-refractivity contribution in [2.24, 2.45) is 0 Å². The van der Waals surface area contributed by atoms with Crippen molar-refractivity contribution in [3.63, 3.8) is 0 Å². The quantitative estimate of drug-likeness (QED) is 0.616. The first-order valence-electron chi connectivity index (χ1n) is 6.05. The number of benzene rings is 1. The van der Waals surface area contributed by atoms with Gasteiger partial charge in [0.15, 0.2) is 0 Å². The smallest absolute Gasteiger partial charge is 0.0283 e. The van der Waals surface area contributed by atoms with Gasteiger partial charge in [0.2, 0.25) is 0 Å². The summed E-state index contributed by atoms with van der Waals surface area (Å²) >= 11 is 3.94. The topological polar surface area (TPSA) is 0 Å². The van der Waals surface area contributed by atoms with Crippen molar-refractivity contribution >= 4 is 15.9 Å². The second kappa shape index (κ2) is 3.62. The van der Waals surface area contributed by atoms with Crippen molar-refractivity contribution in [1.82, 2.24) is 0 Å². The van der Waals surface area contributed by atoms with E-state index in [-0.39, 0.29) is 0 Å². The Hall–Kier alpha value is -0.300. The van der Waals surface area contributed by atoms with Crippen LogP contribution in [0.25, 0.3) is 0 Å². The summed E-state index contributed by atoms with van der Waals surface area (Å²) in [6, 6.07) is 9.06. The van der Waals surface area contributed by atoms with E-state index in [2.05, 4.69) is 40.2 Å². The number of rotatable bonds is 0. The lowest BCUT2D eigenvalue weighted by molar-refractivity contribution is 0.302. The average Bonchev–Trinajstić information content (AvgIpc) is 2.55. The third-order valence-corrected chi connectivity index (χ3v) is 5.50. The van der Waals surface area contributed by atoms with E-state index in [1.807, 2.05) is 0 Å². The molecule has 1 spiro atoms. The summed E-state index contributed by atoms with van der Waals surface area (Å²) in [6.07, 6.45) is 8.27. The monoisotopic (exact) mass is 264 g/mol. The molecule has 1 unspecified atom stereocenters. The van der Waals surface area contributed by atoms with Crippen molar-refractivity contribution < 1.29 is 0 Å². The van der Waals surface area contributed by atoms with Crippen LogP contribution < -0.4 is 0 Å². The van der Waals surface area contributed by atoms with Crippen LogP contribution in [0.3, 0.4) is 0 Å². The predicted molar refractivity (Wildman–Crippen MR) is 67.6 cm³/mol. The molecule has 3 rings (SSSR count). The van der Waals surface area contributed by atoms with E-state index in [0.717, 1.165) is 0 Å². The van der Waals surface area contributed by atoms with Crippen LogP contribution in [0.5, 0.6) is 0 Å². The molecule has 0 saturated heterocycles. The van der Waals surface area contributed by atoms with Gasteiger partial charge in [-0.3, -0.25) is 0 Å². The number of hydrogen-bond donors (Lipinski definition) is 0. The predicted octanol–water partition coefficient (Wildman–Crippen LogP) is 4.21. The van der Waals surface area contributed by atoms with Crippen LogP contribution in [-0.2, 0) is 11.8 Å². The largest absolute Gasteiger partial charge is 0.0877 e. The highest BCUT2D eigenvalue weighted by Crippen LogP contribution is 2.51. The molecule has 0 heterocycles. The van der Waals surface area contributed by atoms with E-state index in [1.54, 1.807) is 11.1 Å². The normalized spacial score (nSPS) is 27.9. The molecule has 80 valence electrons. The third kappa shape index (κ3) is 1.39. The van der Waals surface area contributed by atoms with Gasteiger partial charge in [0.05, 0.1) is 0 Å². The molecular weight excluding hydrogens is 248 g/mol. The molecule has 1 aromatic rings. The van der Waals surface area contributed by atoms with Gasteiger partial charge in [-0.1, -0.05) is 59.5 Å². The van der Waals surface area contributed by atoms with Crippen molar-refractivity contribution in [2.45, 2.75) is 48.8 Å². The van der Waals surface area contributed by atoms with Crippen LogP contribution in [0.1, 0.15) is 43.2 Å². The maximum absolute atomic E-state index is 3.94. The van der Waals surface area contributed by atoms with E-state index in [4.69, 9.17) is 0 Å². The zero-order chi connectivity index (χ0) is 10.3.